The van der Waals surface area contributed by atoms with Crippen molar-refractivity contribution in [3.05, 3.63) is 48.0 Å². The molecule has 2 atom stereocenters. The van der Waals surface area contributed by atoms with Crippen molar-refractivity contribution in [1.82, 2.24) is 0 Å². The minimum atomic E-state index is -0.309. The minimum absolute atomic E-state index is 0. The Morgan fingerprint density at radius 3 is 2.36 bits per heavy atom. The highest BCUT2D eigenvalue weighted by molar-refractivity contribution is 5.85. The Morgan fingerprint density at radius 2 is 1.68 bits per heavy atom. The maximum atomic E-state index is 10.8. The van der Waals surface area contributed by atoms with Gasteiger partial charge in [-0.15, -0.1) is 12.4 Å². The average Bonchev–Trinajstić information content (AvgIpc) is 2.56. The molecule has 0 aliphatic heterocycles. The van der Waals surface area contributed by atoms with E-state index < -0.39 is 0 Å². The molecule has 1 aliphatic rings. The largest absolute Gasteiger partial charge is 0.392 e. The van der Waals surface area contributed by atoms with Gasteiger partial charge < -0.3 is 10.8 Å². The van der Waals surface area contributed by atoms with Gasteiger partial charge in [0.1, 0.15) is 0 Å². The highest BCUT2D eigenvalue weighted by Crippen LogP contribution is 2.34. The SMILES string of the molecule is Cl.NC[C@@H](c1ccc2ccccc2c1)C(O)C1CCCCC1. The molecule has 1 unspecified atom stereocenters. The molecule has 2 nitrogen and oxygen atoms in total. The third kappa shape index (κ3) is 3.62. The van der Waals surface area contributed by atoms with Crippen molar-refractivity contribution in [3.63, 3.8) is 0 Å². The number of halogens is 1. The Hall–Kier alpha value is -1.09. The van der Waals surface area contributed by atoms with Crippen molar-refractivity contribution in [3.8, 4) is 0 Å². The molecule has 22 heavy (non-hydrogen) atoms. The molecule has 1 aliphatic carbocycles. The Kier molecular flexibility index (Phi) is 6.25. The molecule has 0 radical (unpaired) electrons. The summed E-state index contributed by atoms with van der Waals surface area (Å²) < 4.78 is 0. The summed E-state index contributed by atoms with van der Waals surface area (Å²) >= 11 is 0. The standard InChI is InChI=1S/C19H25NO.ClH/c20-13-18(19(21)15-7-2-1-3-8-15)17-11-10-14-6-4-5-9-16(14)12-17;/h4-6,9-12,15,18-19,21H,1-3,7-8,13,20H2;1H/t18-,19?;/m0./s1. The number of hydrogen-bond donors (Lipinski definition) is 2. The quantitative estimate of drug-likeness (QED) is 0.885. The van der Waals surface area contributed by atoms with Crippen LogP contribution < -0.4 is 5.73 Å². The lowest BCUT2D eigenvalue weighted by Crippen LogP contribution is -2.33. The first-order valence-electron chi connectivity index (χ1n) is 8.16. The molecule has 0 saturated heterocycles. The second-order valence-corrected chi connectivity index (χ2v) is 6.34. The summed E-state index contributed by atoms with van der Waals surface area (Å²) in [6.45, 7) is 0.510. The summed E-state index contributed by atoms with van der Waals surface area (Å²) in [6, 6.07) is 14.8. The lowest BCUT2D eigenvalue weighted by atomic mass is 9.78. The van der Waals surface area contributed by atoms with E-state index in [2.05, 4.69) is 42.5 Å². The predicted molar refractivity (Wildman–Crippen MR) is 95.6 cm³/mol. The van der Waals surface area contributed by atoms with E-state index in [4.69, 9.17) is 5.73 Å². The van der Waals surface area contributed by atoms with E-state index in [0.717, 1.165) is 12.8 Å². The van der Waals surface area contributed by atoms with Gasteiger partial charge in [-0.05, 0) is 35.1 Å². The molecule has 1 fully saturated rings. The van der Waals surface area contributed by atoms with Gasteiger partial charge >= 0.3 is 0 Å². The van der Waals surface area contributed by atoms with Crippen molar-refractivity contribution in [2.24, 2.45) is 11.7 Å². The zero-order valence-corrected chi connectivity index (χ0v) is 13.8. The van der Waals surface area contributed by atoms with E-state index in [1.807, 2.05) is 0 Å². The smallest absolute Gasteiger partial charge is 0.0648 e. The zero-order chi connectivity index (χ0) is 14.7. The van der Waals surface area contributed by atoms with Crippen LogP contribution in [0.4, 0.5) is 0 Å². The van der Waals surface area contributed by atoms with Crippen LogP contribution in [0.25, 0.3) is 10.8 Å². The number of benzene rings is 2. The molecule has 3 rings (SSSR count). The molecule has 0 spiro atoms. The van der Waals surface area contributed by atoms with Gasteiger partial charge in [0, 0.05) is 12.5 Å². The van der Waals surface area contributed by atoms with Crippen molar-refractivity contribution in [2.75, 3.05) is 6.54 Å². The highest BCUT2D eigenvalue weighted by Gasteiger charge is 2.29. The predicted octanol–water partition coefficient (Wildman–Crippen LogP) is 4.25. The molecule has 2 aromatic carbocycles. The Bertz CT molecular complexity index is 595. The Morgan fingerprint density at radius 1 is 1.00 bits per heavy atom. The monoisotopic (exact) mass is 319 g/mol. The van der Waals surface area contributed by atoms with E-state index >= 15 is 0 Å². The lowest BCUT2D eigenvalue weighted by Gasteiger charge is -2.32. The summed E-state index contributed by atoms with van der Waals surface area (Å²) in [5, 5.41) is 13.2. The molecule has 3 heteroatoms. The molecule has 2 aromatic rings. The molecular weight excluding hydrogens is 294 g/mol. The third-order valence-corrected chi connectivity index (χ3v) is 5.00. The van der Waals surface area contributed by atoms with Crippen LogP contribution in [0.15, 0.2) is 42.5 Å². The Balaban J connectivity index is 0.00000176. The van der Waals surface area contributed by atoms with E-state index in [1.165, 1.54) is 35.6 Å². The van der Waals surface area contributed by atoms with Gasteiger partial charge in [-0.2, -0.15) is 0 Å². The van der Waals surface area contributed by atoms with Crippen LogP contribution in [-0.2, 0) is 0 Å². The Labute approximate surface area is 139 Å². The molecule has 0 amide bonds. The van der Waals surface area contributed by atoms with Crippen LogP contribution in [0.3, 0.4) is 0 Å². The number of nitrogens with two attached hydrogens (primary N) is 1. The van der Waals surface area contributed by atoms with Gasteiger partial charge in [0.15, 0.2) is 0 Å². The average molecular weight is 320 g/mol. The third-order valence-electron chi connectivity index (χ3n) is 5.00. The molecule has 0 heterocycles. The summed E-state index contributed by atoms with van der Waals surface area (Å²) in [6.07, 6.45) is 5.78. The van der Waals surface area contributed by atoms with Gasteiger partial charge in [0.05, 0.1) is 6.10 Å². The van der Waals surface area contributed by atoms with Gasteiger partial charge in [0.25, 0.3) is 0 Å². The summed E-state index contributed by atoms with van der Waals surface area (Å²) in [5.41, 5.74) is 7.17. The van der Waals surface area contributed by atoms with E-state index in [0.29, 0.717) is 12.5 Å². The fraction of sp³-hybridized carbons (Fsp3) is 0.474. The van der Waals surface area contributed by atoms with Crippen LogP contribution in [0.5, 0.6) is 0 Å². The molecule has 3 N–H and O–H groups in total. The number of fused-ring (bicyclic) bond motifs is 1. The van der Waals surface area contributed by atoms with Crippen molar-refractivity contribution in [1.29, 1.82) is 0 Å². The van der Waals surface area contributed by atoms with Crippen molar-refractivity contribution < 1.29 is 5.11 Å². The second-order valence-electron chi connectivity index (χ2n) is 6.34. The van der Waals surface area contributed by atoms with Gasteiger partial charge in [0.2, 0.25) is 0 Å². The van der Waals surface area contributed by atoms with Crippen LogP contribution >= 0.6 is 12.4 Å². The fourth-order valence-electron chi connectivity index (χ4n) is 3.72. The first-order chi connectivity index (χ1) is 10.3. The van der Waals surface area contributed by atoms with E-state index in [1.54, 1.807) is 0 Å². The van der Waals surface area contributed by atoms with Crippen LogP contribution in [0.2, 0.25) is 0 Å². The van der Waals surface area contributed by atoms with E-state index in [9.17, 15) is 5.11 Å². The normalized spacial score (nSPS) is 18.6. The lowest BCUT2D eigenvalue weighted by molar-refractivity contribution is 0.0624. The summed E-state index contributed by atoms with van der Waals surface area (Å²) in [5.74, 6) is 0.469. The molecule has 0 aromatic heterocycles. The molecular formula is C19H26ClNO. The van der Waals surface area contributed by atoms with Gasteiger partial charge in [-0.25, -0.2) is 0 Å². The maximum absolute atomic E-state index is 10.8. The number of rotatable bonds is 4. The summed E-state index contributed by atoms with van der Waals surface area (Å²) in [4.78, 5) is 0. The van der Waals surface area contributed by atoms with Crippen molar-refractivity contribution in [2.45, 2.75) is 44.1 Å². The van der Waals surface area contributed by atoms with Gasteiger partial charge in [-0.1, -0.05) is 61.7 Å². The van der Waals surface area contributed by atoms with Crippen molar-refractivity contribution >= 4 is 23.2 Å². The fourth-order valence-corrected chi connectivity index (χ4v) is 3.72. The number of aliphatic hydroxyl groups is 1. The topological polar surface area (TPSA) is 46.2 Å². The van der Waals surface area contributed by atoms with E-state index in [-0.39, 0.29) is 24.4 Å². The second kappa shape index (κ2) is 7.96. The highest BCUT2D eigenvalue weighted by atomic mass is 35.5. The first kappa shape index (κ1) is 17.3. The molecule has 1 saturated carbocycles. The van der Waals surface area contributed by atoms with Crippen LogP contribution in [0.1, 0.15) is 43.6 Å². The first-order valence-corrected chi connectivity index (χ1v) is 8.16. The van der Waals surface area contributed by atoms with Crippen LogP contribution in [0, 0.1) is 5.92 Å². The van der Waals surface area contributed by atoms with Gasteiger partial charge in [-0.3, -0.25) is 0 Å². The number of hydrogen-bond acceptors (Lipinski definition) is 2. The van der Waals surface area contributed by atoms with Crippen LogP contribution in [-0.4, -0.2) is 17.8 Å². The number of aliphatic hydroxyl groups excluding tert-OH is 1. The molecule has 120 valence electrons. The minimum Gasteiger partial charge on any atom is -0.392 e. The zero-order valence-electron chi connectivity index (χ0n) is 12.9. The summed E-state index contributed by atoms with van der Waals surface area (Å²) in [7, 11) is 0. The molecule has 0 bridgehead atoms. The maximum Gasteiger partial charge on any atom is 0.0648 e.